The molecule has 0 bridgehead atoms. The number of carbonyl (C=O) groups is 1. The first-order valence-corrected chi connectivity index (χ1v) is 14.6. The average molecular weight is 563 g/mol. The molecular formula is C31H41Cl2NO4. The van der Waals surface area contributed by atoms with Crippen molar-refractivity contribution in [3.63, 3.8) is 0 Å². The van der Waals surface area contributed by atoms with Crippen LogP contribution in [0.15, 0.2) is 30.3 Å². The summed E-state index contributed by atoms with van der Waals surface area (Å²) in [5, 5.41) is 1.29. The molecule has 0 radical (unpaired) electrons. The molecule has 0 aliphatic carbocycles. The molecule has 38 heavy (non-hydrogen) atoms. The SMILES string of the molecule is CCCCc1cc(Cl)c(COc2ccc3c(c2)OCC32CCN(CC(C)C(=O)OC(C)(C)C)CC2)c(Cl)c1. The van der Waals surface area contributed by atoms with Crippen LogP contribution in [0.3, 0.4) is 0 Å². The lowest BCUT2D eigenvalue weighted by Crippen LogP contribution is -2.46. The topological polar surface area (TPSA) is 48.0 Å². The van der Waals surface area contributed by atoms with Crippen molar-refractivity contribution in [3.8, 4) is 11.5 Å². The number of hydrogen-bond acceptors (Lipinski definition) is 5. The third-order valence-corrected chi connectivity index (χ3v) is 8.26. The first kappa shape index (κ1) is 29.0. The van der Waals surface area contributed by atoms with Gasteiger partial charge in [-0.3, -0.25) is 4.79 Å². The Morgan fingerprint density at radius 2 is 1.82 bits per heavy atom. The Balaban J connectivity index is 1.34. The van der Waals surface area contributed by atoms with Gasteiger partial charge in [0.15, 0.2) is 0 Å². The minimum Gasteiger partial charge on any atom is -0.492 e. The van der Waals surface area contributed by atoms with Gasteiger partial charge in [-0.15, -0.1) is 0 Å². The van der Waals surface area contributed by atoms with Gasteiger partial charge in [-0.1, -0.05) is 49.5 Å². The summed E-state index contributed by atoms with van der Waals surface area (Å²) in [6.45, 7) is 13.4. The van der Waals surface area contributed by atoms with Gasteiger partial charge in [-0.25, -0.2) is 0 Å². The molecule has 1 spiro atoms. The van der Waals surface area contributed by atoms with Gasteiger partial charge in [0.05, 0.1) is 12.5 Å². The predicted octanol–water partition coefficient (Wildman–Crippen LogP) is 7.62. The molecule has 5 nitrogen and oxygen atoms in total. The Hall–Kier alpha value is -1.95. The molecule has 0 saturated carbocycles. The quantitative estimate of drug-likeness (QED) is 0.294. The molecule has 2 heterocycles. The number of rotatable bonds is 9. The van der Waals surface area contributed by atoms with Crippen LogP contribution in [0.2, 0.25) is 10.0 Å². The maximum Gasteiger partial charge on any atom is 0.310 e. The van der Waals surface area contributed by atoms with Crippen LogP contribution in [0.25, 0.3) is 0 Å². The molecule has 0 aromatic heterocycles. The van der Waals surface area contributed by atoms with Crippen molar-refractivity contribution in [1.82, 2.24) is 4.90 Å². The summed E-state index contributed by atoms with van der Waals surface area (Å²) in [6, 6.07) is 10.1. The summed E-state index contributed by atoms with van der Waals surface area (Å²) >= 11 is 13.1. The molecule has 2 aliphatic heterocycles. The third kappa shape index (κ3) is 6.97. The van der Waals surface area contributed by atoms with Crippen LogP contribution in [-0.4, -0.2) is 42.7 Å². The second kappa shape index (κ2) is 12.1. The number of fused-ring (bicyclic) bond motifs is 2. The van der Waals surface area contributed by atoms with Gasteiger partial charge in [-0.2, -0.15) is 0 Å². The molecule has 1 unspecified atom stereocenters. The van der Waals surface area contributed by atoms with E-state index >= 15 is 0 Å². The zero-order chi connectivity index (χ0) is 27.5. The van der Waals surface area contributed by atoms with E-state index in [-0.39, 0.29) is 17.3 Å². The van der Waals surface area contributed by atoms with E-state index in [9.17, 15) is 4.79 Å². The third-order valence-electron chi connectivity index (χ3n) is 7.59. The highest BCUT2D eigenvalue weighted by molar-refractivity contribution is 6.36. The number of unbranched alkanes of at least 4 members (excludes halogenated alkanes) is 1. The van der Waals surface area contributed by atoms with E-state index in [0.29, 0.717) is 23.3 Å². The van der Waals surface area contributed by atoms with E-state index in [1.54, 1.807) is 0 Å². The Kier molecular flexibility index (Phi) is 9.22. The number of piperidine rings is 1. The number of hydrogen-bond donors (Lipinski definition) is 0. The number of esters is 1. The maximum atomic E-state index is 12.4. The smallest absolute Gasteiger partial charge is 0.310 e. The molecule has 0 N–H and O–H groups in total. The maximum absolute atomic E-state index is 12.4. The summed E-state index contributed by atoms with van der Waals surface area (Å²) in [6.07, 6.45) is 5.21. The lowest BCUT2D eigenvalue weighted by atomic mass is 9.74. The highest BCUT2D eigenvalue weighted by atomic mass is 35.5. The second-order valence-electron chi connectivity index (χ2n) is 11.9. The number of likely N-dealkylation sites (tertiary alicyclic amines) is 1. The minimum absolute atomic E-state index is 0.0143. The van der Waals surface area contributed by atoms with E-state index in [0.717, 1.165) is 74.4 Å². The van der Waals surface area contributed by atoms with Gasteiger partial charge >= 0.3 is 5.97 Å². The van der Waals surface area contributed by atoms with E-state index in [2.05, 4.69) is 17.9 Å². The second-order valence-corrected chi connectivity index (χ2v) is 12.7. The van der Waals surface area contributed by atoms with Gasteiger partial charge in [-0.05, 0) is 83.3 Å². The standard InChI is InChI=1S/C31H41Cl2NO4/c1-6-7-8-22-15-26(32)24(27(33)16-22)19-36-23-9-10-25-28(17-23)37-20-31(25)11-13-34(14-12-31)18-21(2)29(35)38-30(3,4)5/h9-10,15-17,21H,6-8,11-14,18-20H2,1-5H3. The van der Waals surface area contributed by atoms with Gasteiger partial charge in [0.1, 0.15) is 23.7 Å². The fourth-order valence-electron chi connectivity index (χ4n) is 5.36. The zero-order valence-electron chi connectivity index (χ0n) is 23.4. The first-order chi connectivity index (χ1) is 18.0. The lowest BCUT2D eigenvalue weighted by Gasteiger charge is -2.39. The predicted molar refractivity (Wildman–Crippen MR) is 154 cm³/mol. The van der Waals surface area contributed by atoms with Crippen LogP contribution in [-0.2, 0) is 28.0 Å². The Morgan fingerprint density at radius 3 is 2.45 bits per heavy atom. The Morgan fingerprint density at radius 1 is 1.13 bits per heavy atom. The molecule has 1 fully saturated rings. The Labute approximate surface area is 237 Å². The number of aryl methyl sites for hydroxylation is 1. The van der Waals surface area contributed by atoms with Crippen molar-refractivity contribution in [2.24, 2.45) is 5.92 Å². The zero-order valence-corrected chi connectivity index (χ0v) is 24.9. The van der Waals surface area contributed by atoms with Crippen molar-refractivity contribution in [2.75, 3.05) is 26.2 Å². The molecular weight excluding hydrogens is 521 g/mol. The highest BCUT2D eigenvalue weighted by Gasteiger charge is 2.43. The monoisotopic (exact) mass is 561 g/mol. The van der Waals surface area contributed by atoms with E-state index in [4.69, 9.17) is 37.4 Å². The van der Waals surface area contributed by atoms with E-state index < -0.39 is 5.60 Å². The molecule has 1 saturated heterocycles. The largest absolute Gasteiger partial charge is 0.492 e. The van der Waals surface area contributed by atoms with Crippen LogP contribution in [0.1, 0.15) is 77.0 Å². The van der Waals surface area contributed by atoms with Crippen molar-refractivity contribution in [3.05, 3.63) is 57.1 Å². The number of benzene rings is 2. The Bertz CT molecular complexity index is 1110. The molecule has 0 amide bonds. The molecule has 4 rings (SSSR count). The van der Waals surface area contributed by atoms with Crippen LogP contribution < -0.4 is 9.47 Å². The summed E-state index contributed by atoms with van der Waals surface area (Å²) < 4.78 is 17.8. The van der Waals surface area contributed by atoms with Crippen LogP contribution in [0, 0.1) is 5.92 Å². The van der Waals surface area contributed by atoms with Gasteiger partial charge in [0.2, 0.25) is 0 Å². The molecule has 2 aliphatic rings. The van der Waals surface area contributed by atoms with E-state index in [1.165, 1.54) is 5.56 Å². The summed E-state index contributed by atoms with van der Waals surface area (Å²) in [4.78, 5) is 14.8. The fraction of sp³-hybridized carbons (Fsp3) is 0.581. The first-order valence-electron chi connectivity index (χ1n) is 13.8. The normalized spacial score (nSPS) is 17.7. The molecule has 2 aromatic rings. The highest BCUT2D eigenvalue weighted by Crippen LogP contribution is 2.47. The van der Waals surface area contributed by atoms with Gasteiger partial charge in [0.25, 0.3) is 0 Å². The molecule has 1 atom stereocenters. The van der Waals surface area contributed by atoms with Crippen LogP contribution in [0.5, 0.6) is 11.5 Å². The van der Waals surface area contributed by atoms with Crippen LogP contribution >= 0.6 is 23.2 Å². The van der Waals surface area contributed by atoms with E-state index in [1.807, 2.05) is 52.0 Å². The van der Waals surface area contributed by atoms with Crippen molar-refractivity contribution < 1.29 is 19.0 Å². The minimum atomic E-state index is -0.456. The number of ether oxygens (including phenoxy) is 3. The summed E-state index contributed by atoms with van der Waals surface area (Å²) in [5.41, 5.74) is 2.77. The van der Waals surface area contributed by atoms with Crippen LogP contribution in [0.4, 0.5) is 0 Å². The summed E-state index contributed by atoms with van der Waals surface area (Å²) in [7, 11) is 0. The molecule has 7 heteroatoms. The van der Waals surface area contributed by atoms with Gasteiger partial charge < -0.3 is 19.1 Å². The van der Waals surface area contributed by atoms with Crippen molar-refractivity contribution in [1.29, 1.82) is 0 Å². The van der Waals surface area contributed by atoms with Crippen molar-refractivity contribution in [2.45, 2.75) is 84.3 Å². The molecule has 2 aromatic carbocycles. The lowest BCUT2D eigenvalue weighted by molar-refractivity contribution is -0.160. The number of halogens is 2. The number of carbonyl (C=O) groups excluding carboxylic acids is 1. The summed E-state index contributed by atoms with van der Waals surface area (Å²) in [5.74, 6) is 1.36. The van der Waals surface area contributed by atoms with Gasteiger partial charge in [0, 0.05) is 39.2 Å². The van der Waals surface area contributed by atoms with Crippen molar-refractivity contribution >= 4 is 29.2 Å². The fourth-order valence-corrected chi connectivity index (χ4v) is 6.00. The average Bonchev–Trinajstić information content (AvgIpc) is 3.20. The number of nitrogens with zero attached hydrogens (tertiary/aromatic N) is 1. The molecule has 208 valence electrons.